The summed E-state index contributed by atoms with van der Waals surface area (Å²) < 4.78 is 49.2. The third-order valence-electron chi connectivity index (χ3n) is 3.59. The molecule has 0 atom stereocenters. The maximum Gasteiger partial charge on any atom is 0.258 e. The number of sulfonamides is 1. The van der Waals surface area contributed by atoms with Gasteiger partial charge in [-0.1, -0.05) is 24.3 Å². The van der Waals surface area contributed by atoms with Crippen LogP contribution in [0.5, 0.6) is 11.5 Å². The van der Waals surface area contributed by atoms with Crippen molar-refractivity contribution in [2.75, 3.05) is 37.4 Å². The van der Waals surface area contributed by atoms with E-state index in [4.69, 9.17) is 9.47 Å². The lowest BCUT2D eigenvalue weighted by atomic mass is 10.3. The lowest BCUT2D eigenvalue weighted by Crippen LogP contribution is -2.39. The number of rotatable bonds is 9. The van der Waals surface area contributed by atoms with E-state index in [2.05, 4.69) is 5.32 Å². The number of benzene rings is 2. The van der Waals surface area contributed by atoms with Crippen LogP contribution in [0.2, 0.25) is 0 Å². The highest BCUT2D eigenvalue weighted by Gasteiger charge is 2.20. The summed E-state index contributed by atoms with van der Waals surface area (Å²) in [6, 6.07) is 12.4. The number of amides is 1. The van der Waals surface area contributed by atoms with Crippen LogP contribution in [0.15, 0.2) is 48.5 Å². The summed E-state index contributed by atoms with van der Waals surface area (Å²) in [5.74, 6) is -0.191. The molecule has 2 rings (SSSR count). The van der Waals surface area contributed by atoms with E-state index in [1.165, 1.54) is 31.4 Å². The van der Waals surface area contributed by atoms with Gasteiger partial charge in [-0.25, -0.2) is 12.8 Å². The minimum absolute atomic E-state index is 0.00444. The van der Waals surface area contributed by atoms with E-state index < -0.39 is 21.7 Å². The highest BCUT2D eigenvalue weighted by Crippen LogP contribution is 2.25. The molecule has 0 fully saturated rings. The third kappa shape index (κ3) is 5.85. The SMILES string of the molecule is COc1ccccc1OCC(=O)NCCN(c1ccccc1F)S(C)(=O)=O. The number of para-hydroxylation sites is 3. The molecule has 7 nitrogen and oxygen atoms in total. The molecule has 0 spiro atoms. The smallest absolute Gasteiger partial charge is 0.258 e. The van der Waals surface area contributed by atoms with Gasteiger partial charge in [0.05, 0.1) is 25.6 Å². The lowest BCUT2D eigenvalue weighted by Gasteiger charge is -2.23. The van der Waals surface area contributed by atoms with Crippen LogP contribution < -0.4 is 19.1 Å². The first-order valence-electron chi connectivity index (χ1n) is 8.07. The number of ether oxygens (including phenoxy) is 2. The first-order chi connectivity index (χ1) is 12.8. The highest BCUT2D eigenvalue weighted by molar-refractivity contribution is 7.92. The Morgan fingerprint density at radius 1 is 1.11 bits per heavy atom. The summed E-state index contributed by atoms with van der Waals surface area (Å²) in [7, 11) is -2.22. The van der Waals surface area contributed by atoms with E-state index in [1.54, 1.807) is 24.3 Å². The van der Waals surface area contributed by atoms with Crippen molar-refractivity contribution in [3.63, 3.8) is 0 Å². The van der Waals surface area contributed by atoms with Gasteiger partial charge in [0, 0.05) is 6.54 Å². The van der Waals surface area contributed by atoms with Gasteiger partial charge in [0.25, 0.3) is 5.91 Å². The summed E-state index contributed by atoms with van der Waals surface area (Å²) in [4.78, 5) is 11.9. The number of hydrogen-bond donors (Lipinski definition) is 1. The number of methoxy groups -OCH3 is 1. The highest BCUT2D eigenvalue weighted by atomic mass is 32.2. The molecule has 0 bridgehead atoms. The Kier molecular flexibility index (Phi) is 7.00. The number of hydrogen-bond acceptors (Lipinski definition) is 5. The van der Waals surface area contributed by atoms with Crippen molar-refractivity contribution in [2.45, 2.75) is 0 Å². The average Bonchev–Trinajstić information content (AvgIpc) is 2.63. The molecule has 0 radical (unpaired) electrons. The maximum atomic E-state index is 13.9. The molecule has 0 heterocycles. The van der Waals surface area contributed by atoms with Gasteiger partial charge in [0.15, 0.2) is 18.1 Å². The van der Waals surface area contributed by atoms with E-state index in [0.717, 1.165) is 10.6 Å². The van der Waals surface area contributed by atoms with Gasteiger partial charge in [0.2, 0.25) is 10.0 Å². The van der Waals surface area contributed by atoms with Crippen LogP contribution in [-0.4, -0.2) is 47.4 Å². The molecular weight excluding hydrogens is 375 g/mol. The molecule has 1 amide bonds. The molecule has 0 aliphatic heterocycles. The molecule has 0 saturated carbocycles. The van der Waals surface area contributed by atoms with E-state index in [0.29, 0.717) is 11.5 Å². The molecule has 0 unspecified atom stereocenters. The van der Waals surface area contributed by atoms with Crippen LogP contribution in [0, 0.1) is 5.82 Å². The monoisotopic (exact) mass is 396 g/mol. The van der Waals surface area contributed by atoms with Gasteiger partial charge >= 0.3 is 0 Å². The van der Waals surface area contributed by atoms with E-state index in [9.17, 15) is 17.6 Å². The molecule has 0 saturated heterocycles. The normalized spacial score (nSPS) is 10.9. The number of carbonyl (C=O) groups is 1. The van der Waals surface area contributed by atoms with Gasteiger partial charge < -0.3 is 14.8 Å². The minimum Gasteiger partial charge on any atom is -0.493 e. The van der Waals surface area contributed by atoms with E-state index in [1.807, 2.05) is 0 Å². The zero-order valence-corrected chi connectivity index (χ0v) is 15.8. The Hall–Kier alpha value is -2.81. The standard InChI is InChI=1S/C18H21FN2O5S/c1-25-16-9-5-6-10-17(16)26-13-18(22)20-11-12-21(27(2,23)24)15-8-4-3-7-14(15)19/h3-10H,11-13H2,1-2H3,(H,20,22). The zero-order valence-electron chi connectivity index (χ0n) is 15.0. The van der Waals surface area contributed by atoms with Gasteiger partial charge in [-0.15, -0.1) is 0 Å². The Morgan fingerprint density at radius 3 is 2.37 bits per heavy atom. The fraction of sp³-hybridized carbons (Fsp3) is 0.278. The second-order valence-corrected chi connectivity index (χ2v) is 7.48. The van der Waals surface area contributed by atoms with Crippen LogP contribution in [0.25, 0.3) is 0 Å². The molecule has 0 aromatic heterocycles. The van der Waals surface area contributed by atoms with Crippen molar-refractivity contribution in [1.29, 1.82) is 0 Å². The Morgan fingerprint density at radius 2 is 1.74 bits per heavy atom. The van der Waals surface area contributed by atoms with Gasteiger partial charge in [-0.2, -0.15) is 0 Å². The number of halogens is 1. The summed E-state index contributed by atoms with van der Waals surface area (Å²) in [6.07, 6.45) is 0.978. The Bertz CT molecular complexity index is 889. The van der Waals surface area contributed by atoms with Gasteiger partial charge in [-0.05, 0) is 24.3 Å². The molecule has 1 N–H and O–H groups in total. The molecule has 9 heteroatoms. The van der Waals surface area contributed by atoms with Crippen molar-refractivity contribution >= 4 is 21.6 Å². The molecule has 0 aliphatic rings. The molecule has 2 aromatic carbocycles. The van der Waals surface area contributed by atoms with E-state index in [-0.39, 0.29) is 25.4 Å². The lowest BCUT2D eigenvalue weighted by molar-refractivity contribution is -0.123. The van der Waals surface area contributed by atoms with Gasteiger partial charge in [-0.3, -0.25) is 9.10 Å². The van der Waals surface area contributed by atoms with Crippen LogP contribution in [0.4, 0.5) is 10.1 Å². The van der Waals surface area contributed by atoms with Crippen molar-refractivity contribution < 1.29 is 27.1 Å². The van der Waals surface area contributed by atoms with Crippen molar-refractivity contribution in [3.8, 4) is 11.5 Å². The molecular formula is C18H21FN2O5S. The molecule has 146 valence electrons. The maximum absolute atomic E-state index is 13.9. The van der Waals surface area contributed by atoms with Crippen LogP contribution in [-0.2, 0) is 14.8 Å². The number of anilines is 1. The third-order valence-corrected chi connectivity index (χ3v) is 4.77. The van der Waals surface area contributed by atoms with Crippen molar-refractivity contribution in [2.24, 2.45) is 0 Å². The topological polar surface area (TPSA) is 84.9 Å². The largest absolute Gasteiger partial charge is 0.493 e. The number of nitrogens with zero attached hydrogens (tertiary/aromatic N) is 1. The van der Waals surface area contributed by atoms with E-state index >= 15 is 0 Å². The number of carbonyl (C=O) groups excluding carboxylic acids is 1. The fourth-order valence-electron chi connectivity index (χ4n) is 2.35. The Balaban J connectivity index is 1.91. The first kappa shape index (κ1) is 20.5. The fourth-order valence-corrected chi connectivity index (χ4v) is 3.28. The Labute approximate surface area is 157 Å². The van der Waals surface area contributed by atoms with Crippen molar-refractivity contribution in [1.82, 2.24) is 5.32 Å². The predicted molar refractivity (Wildman–Crippen MR) is 100 cm³/mol. The van der Waals surface area contributed by atoms with Crippen LogP contribution in [0.3, 0.4) is 0 Å². The van der Waals surface area contributed by atoms with Crippen molar-refractivity contribution in [3.05, 3.63) is 54.3 Å². The second kappa shape index (κ2) is 9.22. The molecule has 0 aliphatic carbocycles. The molecule has 27 heavy (non-hydrogen) atoms. The van der Waals surface area contributed by atoms with Crippen LogP contribution in [0.1, 0.15) is 0 Å². The summed E-state index contributed by atoms with van der Waals surface area (Å²) in [5.41, 5.74) is -0.0699. The molecule has 2 aromatic rings. The van der Waals surface area contributed by atoms with Crippen LogP contribution >= 0.6 is 0 Å². The quantitative estimate of drug-likeness (QED) is 0.699. The zero-order chi connectivity index (χ0) is 19.9. The summed E-state index contributed by atoms with van der Waals surface area (Å²) in [5, 5.41) is 2.55. The summed E-state index contributed by atoms with van der Waals surface area (Å²) >= 11 is 0. The minimum atomic E-state index is -3.71. The first-order valence-corrected chi connectivity index (χ1v) is 9.92. The predicted octanol–water partition coefficient (Wildman–Crippen LogP) is 1.80. The summed E-state index contributed by atoms with van der Waals surface area (Å²) in [6.45, 7) is -0.380. The average molecular weight is 396 g/mol. The van der Waals surface area contributed by atoms with Gasteiger partial charge in [0.1, 0.15) is 5.82 Å². The number of nitrogens with one attached hydrogen (secondary N) is 1. The second-order valence-electron chi connectivity index (χ2n) is 5.58.